The Morgan fingerprint density at radius 3 is 2.68 bits per heavy atom. The molecule has 0 saturated heterocycles. The molecule has 0 unspecified atom stereocenters. The van der Waals surface area contributed by atoms with E-state index in [0.29, 0.717) is 16.5 Å². The van der Waals surface area contributed by atoms with Crippen LogP contribution < -0.4 is 5.32 Å². The number of amides is 1. The molecule has 100 valence electrons. The van der Waals surface area contributed by atoms with Crippen LogP contribution >= 0.6 is 11.6 Å². The molecular weight excluding hydrogens is 264 g/mol. The zero-order valence-electron chi connectivity index (χ0n) is 11.1. The first-order chi connectivity index (χ1) is 8.97. The molecule has 2 aromatic rings. The zero-order chi connectivity index (χ0) is 14.0. The van der Waals surface area contributed by atoms with E-state index in [1.54, 1.807) is 13.0 Å². The highest BCUT2D eigenvalue weighted by Crippen LogP contribution is 2.23. The second kappa shape index (κ2) is 5.45. The Labute approximate surface area is 116 Å². The van der Waals surface area contributed by atoms with Crippen LogP contribution in [0.3, 0.4) is 0 Å². The molecule has 0 aliphatic carbocycles. The van der Waals surface area contributed by atoms with Gasteiger partial charge in [0.15, 0.2) is 0 Å². The fourth-order valence-corrected chi connectivity index (χ4v) is 2.11. The van der Waals surface area contributed by atoms with Crippen molar-refractivity contribution >= 4 is 23.2 Å². The van der Waals surface area contributed by atoms with E-state index in [0.717, 1.165) is 16.8 Å². The molecule has 1 aromatic heterocycles. The number of hydrogen-bond donors (Lipinski definition) is 1. The summed E-state index contributed by atoms with van der Waals surface area (Å²) in [5.74, 6) is 0.530. The van der Waals surface area contributed by atoms with E-state index in [1.807, 2.05) is 26.0 Å². The third kappa shape index (κ3) is 3.15. The molecule has 0 bridgehead atoms. The van der Waals surface area contributed by atoms with Crippen LogP contribution in [0.4, 0.5) is 5.69 Å². The number of aryl methyl sites for hydroxylation is 3. The number of aromatic nitrogens is 1. The largest absolute Gasteiger partial charge is 0.361 e. The molecular formula is C14H15ClN2O2. The van der Waals surface area contributed by atoms with E-state index in [1.165, 1.54) is 0 Å². The van der Waals surface area contributed by atoms with Crippen molar-refractivity contribution < 1.29 is 9.32 Å². The summed E-state index contributed by atoms with van der Waals surface area (Å²) in [5, 5.41) is 7.15. The first-order valence-electron chi connectivity index (χ1n) is 5.95. The second-order valence-electron chi connectivity index (χ2n) is 4.51. The standard InChI is InChI=1S/C14H15ClN2O2/c1-8-4-5-13(12(15)6-8)16-14(18)7-11-9(2)17-19-10(11)3/h4-6H,7H2,1-3H3,(H,16,18). The minimum absolute atomic E-state index is 0.139. The smallest absolute Gasteiger partial charge is 0.229 e. The number of nitrogens with one attached hydrogen (secondary N) is 1. The highest BCUT2D eigenvalue weighted by Gasteiger charge is 2.14. The van der Waals surface area contributed by atoms with E-state index in [-0.39, 0.29) is 12.3 Å². The number of rotatable bonds is 3. The topological polar surface area (TPSA) is 55.1 Å². The van der Waals surface area contributed by atoms with Crippen molar-refractivity contribution in [1.82, 2.24) is 5.16 Å². The van der Waals surface area contributed by atoms with E-state index in [2.05, 4.69) is 10.5 Å². The molecule has 4 nitrogen and oxygen atoms in total. The molecule has 0 spiro atoms. The number of anilines is 1. The van der Waals surface area contributed by atoms with Crippen molar-refractivity contribution in [3.63, 3.8) is 0 Å². The van der Waals surface area contributed by atoms with Crippen LogP contribution in [0.2, 0.25) is 5.02 Å². The lowest BCUT2D eigenvalue weighted by Crippen LogP contribution is -2.15. The van der Waals surface area contributed by atoms with Crippen molar-refractivity contribution in [3.8, 4) is 0 Å². The van der Waals surface area contributed by atoms with Crippen LogP contribution in [0.15, 0.2) is 22.7 Å². The predicted molar refractivity (Wildman–Crippen MR) is 74.5 cm³/mol. The number of nitrogens with zero attached hydrogens (tertiary/aromatic N) is 1. The van der Waals surface area contributed by atoms with Gasteiger partial charge in [-0.15, -0.1) is 0 Å². The molecule has 19 heavy (non-hydrogen) atoms. The summed E-state index contributed by atoms with van der Waals surface area (Å²) < 4.78 is 5.03. The molecule has 1 aromatic carbocycles. The number of carbonyl (C=O) groups is 1. The first-order valence-corrected chi connectivity index (χ1v) is 6.33. The molecule has 5 heteroatoms. The molecule has 0 aliphatic rings. The number of hydrogen-bond acceptors (Lipinski definition) is 3. The second-order valence-corrected chi connectivity index (χ2v) is 4.92. The van der Waals surface area contributed by atoms with Crippen molar-refractivity contribution in [1.29, 1.82) is 0 Å². The van der Waals surface area contributed by atoms with Gasteiger partial charge < -0.3 is 9.84 Å². The van der Waals surface area contributed by atoms with Crippen molar-refractivity contribution in [2.24, 2.45) is 0 Å². The Morgan fingerprint density at radius 2 is 2.11 bits per heavy atom. The van der Waals surface area contributed by atoms with Crippen LogP contribution in [0.25, 0.3) is 0 Å². The molecule has 0 saturated carbocycles. The van der Waals surface area contributed by atoms with E-state index < -0.39 is 0 Å². The van der Waals surface area contributed by atoms with Gasteiger partial charge in [-0.1, -0.05) is 22.8 Å². The van der Waals surface area contributed by atoms with Crippen LogP contribution in [-0.2, 0) is 11.2 Å². The molecule has 2 rings (SSSR count). The van der Waals surface area contributed by atoms with Gasteiger partial charge in [0.1, 0.15) is 5.76 Å². The average Bonchev–Trinajstić information content (AvgIpc) is 2.65. The molecule has 1 heterocycles. The monoisotopic (exact) mass is 278 g/mol. The zero-order valence-corrected chi connectivity index (χ0v) is 11.8. The molecule has 0 atom stereocenters. The van der Waals surface area contributed by atoms with E-state index in [4.69, 9.17) is 16.1 Å². The van der Waals surface area contributed by atoms with E-state index in [9.17, 15) is 4.79 Å². The van der Waals surface area contributed by atoms with Crippen LogP contribution in [0.5, 0.6) is 0 Å². The van der Waals surface area contributed by atoms with Gasteiger partial charge in [-0.3, -0.25) is 4.79 Å². The summed E-state index contributed by atoms with van der Waals surface area (Å²) in [7, 11) is 0. The average molecular weight is 279 g/mol. The Bertz CT molecular complexity index is 600. The van der Waals surface area contributed by atoms with Crippen molar-refractivity contribution in [3.05, 3.63) is 45.8 Å². The summed E-state index contributed by atoms with van der Waals surface area (Å²) in [6, 6.07) is 5.51. The summed E-state index contributed by atoms with van der Waals surface area (Å²) in [4.78, 5) is 12.0. The lowest BCUT2D eigenvalue weighted by molar-refractivity contribution is -0.115. The lowest BCUT2D eigenvalue weighted by Gasteiger charge is -2.07. The van der Waals surface area contributed by atoms with Crippen LogP contribution in [0.1, 0.15) is 22.6 Å². The van der Waals surface area contributed by atoms with Gasteiger partial charge in [-0.2, -0.15) is 0 Å². The summed E-state index contributed by atoms with van der Waals surface area (Å²) >= 11 is 6.07. The summed E-state index contributed by atoms with van der Waals surface area (Å²) in [6.07, 6.45) is 0.228. The third-order valence-electron chi connectivity index (χ3n) is 2.92. The van der Waals surface area contributed by atoms with Gasteiger partial charge >= 0.3 is 0 Å². The minimum atomic E-state index is -0.139. The van der Waals surface area contributed by atoms with Gasteiger partial charge in [-0.05, 0) is 38.5 Å². The van der Waals surface area contributed by atoms with Crippen LogP contribution in [-0.4, -0.2) is 11.1 Å². The molecule has 1 N–H and O–H groups in total. The number of benzene rings is 1. The highest BCUT2D eigenvalue weighted by atomic mass is 35.5. The normalized spacial score (nSPS) is 10.5. The first kappa shape index (κ1) is 13.6. The van der Waals surface area contributed by atoms with Gasteiger partial charge in [0, 0.05) is 5.56 Å². The third-order valence-corrected chi connectivity index (χ3v) is 3.23. The molecule has 0 aliphatic heterocycles. The van der Waals surface area contributed by atoms with E-state index >= 15 is 0 Å². The van der Waals surface area contributed by atoms with Crippen molar-refractivity contribution in [2.75, 3.05) is 5.32 Å². The maximum absolute atomic E-state index is 12.0. The Morgan fingerprint density at radius 1 is 1.37 bits per heavy atom. The summed E-state index contributed by atoms with van der Waals surface area (Å²) in [6.45, 7) is 5.56. The Kier molecular flexibility index (Phi) is 3.90. The highest BCUT2D eigenvalue weighted by molar-refractivity contribution is 6.33. The quantitative estimate of drug-likeness (QED) is 0.936. The maximum atomic E-state index is 12.0. The molecule has 0 radical (unpaired) electrons. The maximum Gasteiger partial charge on any atom is 0.229 e. The van der Waals surface area contributed by atoms with Gasteiger partial charge in [0.05, 0.1) is 22.8 Å². The Balaban J connectivity index is 2.10. The summed E-state index contributed by atoms with van der Waals surface area (Å²) in [5.41, 5.74) is 3.22. The fraction of sp³-hybridized carbons (Fsp3) is 0.286. The van der Waals surface area contributed by atoms with Crippen molar-refractivity contribution in [2.45, 2.75) is 27.2 Å². The fourth-order valence-electron chi connectivity index (χ4n) is 1.83. The van der Waals surface area contributed by atoms with Gasteiger partial charge in [-0.25, -0.2) is 0 Å². The Hall–Kier alpha value is -1.81. The SMILES string of the molecule is Cc1ccc(NC(=O)Cc2c(C)noc2C)c(Cl)c1. The lowest BCUT2D eigenvalue weighted by atomic mass is 10.1. The predicted octanol–water partition coefficient (Wildman–Crippen LogP) is 3.43. The van der Waals surface area contributed by atoms with Gasteiger partial charge in [0.25, 0.3) is 0 Å². The number of halogens is 1. The van der Waals surface area contributed by atoms with Crippen LogP contribution in [0, 0.1) is 20.8 Å². The van der Waals surface area contributed by atoms with Gasteiger partial charge in [0.2, 0.25) is 5.91 Å². The number of carbonyl (C=O) groups excluding carboxylic acids is 1. The molecule has 1 amide bonds. The minimum Gasteiger partial charge on any atom is -0.361 e. The molecule has 0 fully saturated rings.